The Hall–Kier alpha value is -2.39. The van der Waals surface area contributed by atoms with Crippen molar-refractivity contribution in [1.82, 2.24) is 14.7 Å². The molecule has 9 nitrogen and oxygen atoms in total. The third kappa shape index (κ3) is 3.20. The molecule has 112 valence electrons. The number of halogens is 1. The maximum absolute atomic E-state index is 11.0. The molecular weight excluding hydrogens is 302 g/mol. The van der Waals surface area contributed by atoms with E-state index >= 15 is 0 Å². The average Bonchev–Trinajstić information content (AvgIpc) is 2.78. The second-order valence-corrected chi connectivity index (χ2v) is 4.37. The van der Waals surface area contributed by atoms with Crippen molar-refractivity contribution in [2.24, 2.45) is 4.99 Å². The minimum absolute atomic E-state index is 0.157. The van der Waals surface area contributed by atoms with Crippen molar-refractivity contribution in [3.05, 3.63) is 44.9 Å². The van der Waals surface area contributed by atoms with E-state index in [1.807, 2.05) is 0 Å². The van der Waals surface area contributed by atoms with Crippen molar-refractivity contribution >= 4 is 17.4 Å². The Kier molecular flexibility index (Phi) is 4.55. The summed E-state index contributed by atoms with van der Waals surface area (Å²) in [4.78, 5) is 15.7. The fraction of sp³-hybridized carbons (Fsp3) is 0.273. The summed E-state index contributed by atoms with van der Waals surface area (Å²) in [6.07, 6.45) is 0. The Morgan fingerprint density at radius 1 is 1.48 bits per heavy atom. The predicted molar refractivity (Wildman–Crippen MR) is 72.7 cm³/mol. The van der Waals surface area contributed by atoms with Gasteiger partial charge in [-0.3, -0.25) is 4.99 Å². The van der Waals surface area contributed by atoms with Gasteiger partial charge in [-0.05, 0) is 34.0 Å². The molecule has 2 aromatic rings. The molecule has 1 N–H and O–H groups in total. The summed E-state index contributed by atoms with van der Waals surface area (Å²) < 4.78 is 4.81. The lowest BCUT2D eigenvalue weighted by molar-refractivity contribution is -0.391. The van der Waals surface area contributed by atoms with Crippen LogP contribution >= 0.6 is 11.6 Å². The van der Waals surface area contributed by atoms with Crippen LogP contribution in [-0.4, -0.2) is 45.1 Å². The van der Waals surface area contributed by atoms with E-state index in [0.29, 0.717) is 15.6 Å². The Bertz CT molecular complexity index is 706. The molecule has 0 saturated carbocycles. The van der Waals surface area contributed by atoms with Crippen LogP contribution in [0.3, 0.4) is 0 Å². The predicted octanol–water partition coefficient (Wildman–Crippen LogP) is 1.02. The normalized spacial score (nSPS) is 11.8. The SMILES string of the molecule is COCCN=c1c([N+](=O)[O-])nn(-c2ccc(Cl)cc2)n1O. The van der Waals surface area contributed by atoms with E-state index in [9.17, 15) is 15.3 Å². The number of hydrogen-bond donors (Lipinski definition) is 1. The summed E-state index contributed by atoms with van der Waals surface area (Å²) in [6, 6.07) is 6.27. The van der Waals surface area contributed by atoms with E-state index in [2.05, 4.69) is 10.1 Å². The minimum atomic E-state index is -0.717. The number of nitrogens with zero attached hydrogens (tertiary/aromatic N) is 5. The number of ether oxygens (including phenoxy) is 1. The summed E-state index contributed by atoms with van der Waals surface area (Å²) in [7, 11) is 1.48. The fourth-order valence-electron chi connectivity index (χ4n) is 1.59. The first kappa shape index (κ1) is 15.0. The van der Waals surface area contributed by atoms with E-state index < -0.39 is 10.7 Å². The highest BCUT2D eigenvalue weighted by atomic mass is 35.5. The number of hydrogen-bond acceptors (Lipinski definition) is 6. The van der Waals surface area contributed by atoms with Crippen molar-refractivity contribution in [3.63, 3.8) is 0 Å². The van der Waals surface area contributed by atoms with Crippen LogP contribution in [-0.2, 0) is 4.74 Å². The monoisotopic (exact) mass is 313 g/mol. The van der Waals surface area contributed by atoms with Gasteiger partial charge in [0.25, 0.3) is 5.49 Å². The van der Waals surface area contributed by atoms with Crippen LogP contribution in [0.25, 0.3) is 5.69 Å². The van der Waals surface area contributed by atoms with Gasteiger partial charge in [-0.1, -0.05) is 16.4 Å². The smallest absolute Gasteiger partial charge is 0.409 e. The highest BCUT2D eigenvalue weighted by molar-refractivity contribution is 6.30. The zero-order chi connectivity index (χ0) is 15.4. The third-order valence-electron chi connectivity index (χ3n) is 2.55. The van der Waals surface area contributed by atoms with Gasteiger partial charge < -0.3 is 20.1 Å². The second kappa shape index (κ2) is 6.37. The first-order valence-corrected chi connectivity index (χ1v) is 6.23. The molecule has 10 heteroatoms. The molecular formula is C11H12ClN5O4. The minimum Gasteiger partial charge on any atom is -0.409 e. The summed E-state index contributed by atoms with van der Waals surface area (Å²) in [5.41, 5.74) is 0.144. The lowest BCUT2D eigenvalue weighted by atomic mass is 10.3. The van der Waals surface area contributed by atoms with Gasteiger partial charge in [0.2, 0.25) is 0 Å². The molecule has 2 rings (SSSR count). The van der Waals surface area contributed by atoms with Crippen LogP contribution in [0, 0.1) is 10.1 Å². The lowest BCUT2D eigenvalue weighted by Crippen LogP contribution is -2.23. The first-order chi connectivity index (χ1) is 10.0. The second-order valence-electron chi connectivity index (χ2n) is 3.93. The molecule has 21 heavy (non-hydrogen) atoms. The van der Waals surface area contributed by atoms with Crippen LogP contribution in [0.2, 0.25) is 5.02 Å². The van der Waals surface area contributed by atoms with Gasteiger partial charge in [-0.2, -0.15) is 0 Å². The molecule has 1 aromatic heterocycles. The zero-order valence-electron chi connectivity index (χ0n) is 11.0. The number of nitro groups is 1. The topological polar surface area (TPSA) is 108 Å². The van der Waals surface area contributed by atoms with Gasteiger partial charge in [0.15, 0.2) is 0 Å². The fourth-order valence-corrected chi connectivity index (χ4v) is 1.72. The van der Waals surface area contributed by atoms with Crippen LogP contribution in [0.1, 0.15) is 0 Å². The van der Waals surface area contributed by atoms with Gasteiger partial charge >= 0.3 is 5.82 Å². The molecule has 1 heterocycles. The Balaban J connectivity index is 2.53. The molecule has 0 saturated heterocycles. The van der Waals surface area contributed by atoms with E-state index in [4.69, 9.17) is 16.3 Å². The van der Waals surface area contributed by atoms with Crippen molar-refractivity contribution in [2.75, 3.05) is 20.3 Å². The van der Waals surface area contributed by atoms with E-state index in [-0.39, 0.29) is 18.6 Å². The maximum Gasteiger partial charge on any atom is 0.438 e. The molecule has 0 unspecified atom stereocenters. The van der Waals surface area contributed by atoms with Crippen LogP contribution < -0.4 is 5.49 Å². The van der Waals surface area contributed by atoms with Gasteiger partial charge in [-0.15, -0.1) is 0 Å². The van der Waals surface area contributed by atoms with Gasteiger partial charge in [0.1, 0.15) is 5.69 Å². The molecule has 0 aliphatic rings. The average molecular weight is 314 g/mol. The van der Waals surface area contributed by atoms with Crippen LogP contribution in [0.4, 0.5) is 5.82 Å². The van der Waals surface area contributed by atoms with Crippen molar-refractivity contribution in [2.45, 2.75) is 0 Å². The van der Waals surface area contributed by atoms with Gasteiger partial charge in [0, 0.05) is 12.1 Å². The molecule has 0 fully saturated rings. The third-order valence-corrected chi connectivity index (χ3v) is 2.80. The maximum atomic E-state index is 11.0. The Labute approximate surface area is 123 Å². The highest BCUT2D eigenvalue weighted by Gasteiger charge is 2.23. The summed E-state index contributed by atoms with van der Waals surface area (Å²) in [5.74, 6) is -0.552. The molecule has 0 bridgehead atoms. The number of methoxy groups -OCH3 is 1. The van der Waals surface area contributed by atoms with Crippen LogP contribution in [0.15, 0.2) is 29.3 Å². The van der Waals surface area contributed by atoms with E-state index in [0.717, 1.165) is 4.80 Å². The molecule has 0 amide bonds. The quantitative estimate of drug-likeness (QED) is 0.384. The number of rotatable bonds is 5. The van der Waals surface area contributed by atoms with Crippen molar-refractivity contribution in [1.29, 1.82) is 0 Å². The molecule has 0 radical (unpaired) electrons. The number of aromatic nitrogens is 3. The zero-order valence-corrected chi connectivity index (χ0v) is 11.8. The molecule has 0 aliphatic carbocycles. The van der Waals surface area contributed by atoms with Crippen molar-refractivity contribution < 1.29 is 14.9 Å². The Morgan fingerprint density at radius 2 is 2.14 bits per heavy atom. The number of benzene rings is 1. The molecule has 1 aromatic carbocycles. The van der Waals surface area contributed by atoms with Crippen LogP contribution in [0.5, 0.6) is 0 Å². The van der Waals surface area contributed by atoms with Gasteiger partial charge in [-0.25, -0.2) is 0 Å². The summed E-state index contributed by atoms with van der Waals surface area (Å²) in [6.45, 7) is 0.424. The van der Waals surface area contributed by atoms with Gasteiger partial charge in [0.05, 0.1) is 18.3 Å². The molecule has 0 spiro atoms. The first-order valence-electron chi connectivity index (χ1n) is 5.86. The molecule has 0 atom stereocenters. The van der Waals surface area contributed by atoms with Crippen molar-refractivity contribution in [3.8, 4) is 5.69 Å². The Morgan fingerprint density at radius 3 is 2.71 bits per heavy atom. The lowest BCUT2D eigenvalue weighted by Gasteiger charge is -1.99. The summed E-state index contributed by atoms with van der Waals surface area (Å²) >= 11 is 5.77. The standard InChI is InChI=1S/C11H12ClN5O4/c1-21-7-6-13-10-11(17(19)20)14-15(16(10)18)9-4-2-8(12)3-5-9/h2-5,18H,6-7H2,1H3. The van der Waals surface area contributed by atoms with E-state index in [1.54, 1.807) is 24.3 Å². The highest BCUT2D eigenvalue weighted by Crippen LogP contribution is 2.13. The summed E-state index contributed by atoms with van der Waals surface area (Å²) in [5, 5.41) is 25.3. The molecule has 0 aliphatic heterocycles. The van der Waals surface area contributed by atoms with E-state index in [1.165, 1.54) is 7.11 Å². The largest absolute Gasteiger partial charge is 0.438 e.